The van der Waals surface area contributed by atoms with Crippen molar-refractivity contribution in [2.45, 2.75) is 45.2 Å². The Bertz CT molecular complexity index is 599. The Morgan fingerprint density at radius 1 is 1.29 bits per heavy atom. The van der Waals surface area contributed by atoms with Crippen molar-refractivity contribution >= 4 is 0 Å². The summed E-state index contributed by atoms with van der Waals surface area (Å²) in [7, 11) is 0. The third-order valence-corrected chi connectivity index (χ3v) is 4.17. The second-order valence-electron chi connectivity index (χ2n) is 5.76. The molecule has 0 bridgehead atoms. The first-order valence-electron chi connectivity index (χ1n) is 7.54. The van der Waals surface area contributed by atoms with Gasteiger partial charge in [-0.05, 0) is 37.0 Å². The first-order valence-corrected chi connectivity index (χ1v) is 7.54. The van der Waals surface area contributed by atoms with Gasteiger partial charge in [-0.25, -0.2) is 4.39 Å². The van der Waals surface area contributed by atoms with Crippen LogP contribution in [-0.2, 0) is 6.54 Å². The first kappa shape index (κ1) is 14.2. The zero-order valence-electron chi connectivity index (χ0n) is 12.2. The van der Waals surface area contributed by atoms with Crippen LogP contribution in [0.5, 0.6) is 0 Å². The van der Waals surface area contributed by atoms with Crippen LogP contribution < -0.4 is 5.32 Å². The predicted octanol–water partition coefficient (Wildman–Crippen LogP) is 3.54. The molecule has 0 unspecified atom stereocenters. The fraction of sp³-hybridized carbons (Fsp3) is 0.500. The van der Waals surface area contributed by atoms with Crippen molar-refractivity contribution < 1.29 is 8.81 Å². The Morgan fingerprint density at radius 2 is 2.14 bits per heavy atom. The molecule has 1 fully saturated rings. The lowest BCUT2D eigenvalue weighted by Crippen LogP contribution is -2.36. The summed E-state index contributed by atoms with van der Waals surface area (Å²) in [5, 5.41) is 11.5. The summed E-state index contributed by atoms with van der Waals surface area (Å²) in [6.07, 6.45) is 5.08. The SMILES string of the molecule is C[C@@H]1CCCC[C@@H]1NCc1nnc(-c2cccc(F)c2)o1. The highest BCUT2D eigenvalue weighted by molar-refractivity contribution is 5.52. The molecule has 1 aliphatic carbocycles. The quantitative estimate of drug-likeness (QED) is 0.935. The second-order valence-corrected chi connectivity index (χ2v) is 5.76. The van der Waals surface area contributed by atoms with Gasteiger partial charge in [0.15, 0.2) is 0 Å². The summed E-state index contributed by atoms with van der Waals surface area (Å²) in [4.78, 5) is 0. The molecule has 0 spiro atoms. The maximum Gasteiger partial charge on any atom is 0.247 e. The van der Waals surface area contributed by atoms with Gasteiger partial charge < -0.3 is 9.73 Å². The highest BCUT2D eigenvalue weighted by atomic mass is 19.1. The lowest BCUT2D eigenvalue weighted by atomic mass is 9.86. The predicted molar refractivity (Wildman–Crippen MR) is 78.0 cm³/mol. The standard InChI is InChI=1S/C16H20FN3O/c1-11-5-2-3-8-14(11)18-10-15-19-20-16(21-15)12-6-4-7-13(17)9-12/h4,6-7,9,11,14,18H,2-3,5,8,10H2,1H3/t11-,14+/m1/s1. The number of rotatable bonds is 4. The zero-order chi connectivity index (χ0) is 14.7. The Kier molecular flexibility index (Phi) is 4.29. The summed E-state index contributed by atoms with van der Waals surface area (Å²) >= 11 is 0. The van der Waals surface area contributed by atoms with Crippen molar-refractivity contribution in [2.75, 3.05) is 0 Å². The molecule has 1 aliphatic rings. The van der Waals surface area contributed by atoms with Gasteiger partial charge in [-0.3, -0.25) is 0 Å². The number of nitrogens with one attached hydrogen (secondary N) is 1. The molecule has 0 aliphatic heterocycles. The van der Waals surface area contributed by atoms with Gasteiger partial charge in [-0.15, -0.1) is 10.2 Å². The van der Waals surface area contributed by atoms with E-state index in [1.165, 1.54) is 37.8 Å². The van der Waals surface area contributed by atoms with Gasteiger partial charge >= 0.3 is 0 Å². The Balaban J connectivity index is 1.62. The maximum atomic E-state index is 13.2. The van der Waals surface area contributed by atoms with Gasteiger partial charge in [-0.2, -0.15) is 0 Å². The molecule has 2 aromatic rings. The lowest BCUT2D eigenvalue weighted by molar-refractivity contribution is 0.271. The summed E-state index contributed by atoms with van der Waals surface area (Å²) in [6, 6.07) is 6.71. The molecular formula is C16H20FN3O. The van der Waals surface area contributed by atoms with Crippen LogP contribution in [-0.4, -0.2) is 16.2 Å². The van der Waals surface area contributed by atoms with Crippen molar-refractivity contribution in [1.82, 2.24) is 15.5 Å². The summed E-state index contributed by atoms with van der Waals surface area (Å²) < 4.78 is 18.8. The van der Waals surface area contributed by atoms with E-state index in [1.54, 1.807) is 12.1 Å². The normalized spacial score (nSPS) is 22.4. The monoisotopic (exact) mass is 289 g/mol. The average Bonchev–Trinajstić information content (AvgIpc) is 2.95. The number of aromatic nitrogens is 2. The number of benzene rings is 1. The second kappa shape index (κ2) is 6.35. The number of hydrogen-bond acceptors (Lipinski definition) is 4. The van der Waals surface area contributed by atoms with Crippen LogP contribution in [0.1, 0.15) is 38.5 Å². The van der Waals surface area contributed by atoms with Crippen molar-refractivity contribution in [3.8, 4) is 11.5 Å². The molecule has 4 nitrogen and oxygen atoms in total. The van der Waals surface area contributed by atoms with E-state index < -0.39 is 0 Å². The highest BCUT2D eigenvalue weighted by Gasteiger charge is 2.21. The molecule has 1 N–H and O–H groups in total. The fourth-order valence-electron chi connectivity index (χ4n) is 2.90. The van der Waals surface area contributed by atoms with Crippen LogP contribution in [0.25, 0.3) is 11.5 Å². The minimum absolute atomic E-state index is 0.304. The molecule has 5 heteroatoms. The number of nitrogens with zero attached hydrogens (tertiary/aromatic N) is 2. The first-order chi connectivity index (χ1) is 10.2. The molecule has 2 atom stereocenters. The minimum atomic E-state index is -0.304. The van der Waals surface area contributed by atoms with Gasteiger partial charge in [0.2, 0.25) is 11.8 Å². The van der Waals surface area contributed by atoms with Crippen molar-refractivity contribution in [3.63, 3.8) is 0 Å². The van der Waals surface area contributed by atoms with Crippen molar-refractivity contribution in [2.24, 2.45) is 5.92 Å². The average molecular weight is 289 g/mol. The summed E-state index contributed by atoms with van der Waals surface area (Å²) in [5.74, 6) is 1.29. The van der Waals surface area contributed by atoms with Crippen LogP contribution in [0.2, 0.25) is 0 Å². The Morgan fingerprint density at radius 3 is 2.95 bits per heavy atom. The van der Waals surface area contributed by atoms with Crippen molar-refractivity contribution in [3.05, 3.63) is 36.0 Å². The van der Waals surface area contributed by atoms with Gasteiger partial charge in [0, 0.05) is 11.6 Å². The summed E-state index contributed by atoms with van der Waals surface area (Å²) in [5.41, 5.74) is 0.611. The molecule has 1 heterocycles. The topological polar surface area (TPSA) is 51.0 Å². The molecule has 1 aromatic carbocycles. The molecule has 1 aromatic heterocycles. The number of hydrogen-bond donors (Lipinski definition) is 1. The third-order valence-electron chi connectivity index (χ3n) is 4.17. The number of halogens is 1. The smallest absolute Gasteiger partial charge is 0.247 e. The molecule has 0 amide bonds. The van der Waals surface area contributed by atoms with E-state index in [9.17, 15) is 4.39 Å². The fourth-order valence-corrected chi connectivity index (χ4v) is 2.90. The lowest BCUT2D eigenvalue weighted by Gasteiger charge is -2.29. The molecule has 3 rings (SSSR count). The van der Waals surface area contributed by atoms with E-state index in [0.717, 1.165) is 0 Å². The molecule has 21 heavy (non-hydrogen) atoms. The van der Waals surface area contributed by atoms with E-state index in [1.807, 2.05) is 0 Å². The summed E-state index contributed by atoms with van der Waals surface area (Å²) in [6.45, 7) is 2.85. The zero-order valence-corrected chi connectivity index (χ0v) is 12.2. The largest absolute Gasteiger partial charge is 0.419 e. The molecule has 1 saturated carbocycles. The molecule has 0 saturated heterocycles. The molecular weight excluding hydrogens is 269 g/mol. The van der Waals surface area contributed by atoms with Crippen LogP contribution >= 0.6 is 0 Å². The Hall–Kier alpha value is -1.75. The van der Waals surface area contributed by atoms with Crippen molar-refractivity contribution in [1.29, 1.82) is 0 Å². The van der Waals surface area contributed by atoms with Gasteiger partial charge in [0.05, 0.1) is 6.54 Å². The van der Waals surface area contributed by atoms with Crippen LogP contribution in [0.3, 0.4) is 0 Å². The van der Waals surface area contributed by atoms with E-state index in [0.29, 0.717) is 35.8 Å². The minimum Gasteiger partial charge on any atom is -0.419 e. The third kappa shape index (κ3) is 3.47. The van der Waals surface area contributed by atoms with E-state index >= 15 is 0 Å². The maximum absolute atomic E-state index is 13.2. The molecule has 0 radical (unpaired) electrons. The van der Waals surface area contributed by atoms with E-state index in [-0.39, 0.29) is 5.82 Å². The molecule has 112 valence electrons. The van der Waals surface area contributed by atoms with E-state index in [4.69, 9.17) is 4.42 Å². The van der Waals surface area contributed by atoms with Gasteiger partial charge in [-0.1, -0.05) is 25.8 Å². The highest BCUT2D eigenvalue weighted by Crippen LogP contribution is 2.24. The van der Waals surface area contributed by atoms with E-state index in [2.05, 4.69) is 22.4 Å². The van der Waals surface area contributed by atoms with Crippen LogP contribution in [0, 0.1) is 11.7 Å². The van der Waals surface area contributed by atoms with Crippen LogP contribution in [0.4, 0.5) is 4.39 Å². The van der Waals surface area contributed by atoms with Crippen LogP contribution in [0.15, 0.2) is 28.7 Å². The Labute approximate surface area is 123 Å². The van der Waals surface area contributed by atoms with Gasteiger partial charge in [0.25, 0.3) is 0 Å². The van der Waals surface area contributed by atoms with Gasteiger partial charge in [0.1, 0.15) is 5.82 Å².